The highest BCUT2D eigenvalue weighted by atomic mass is 32.1. The van der Waals surface area contributed by atoms with Crippen LogP contribution in [0.25, 0.3) is 26.6 Å². The standard InChI is InChI=1S/C24H24N4O2S/c1-15(25-17-7-3-4-8-17)21-22(16-11-13-18(30-2)14-12-16)27-28(23(21)29)24-26-19-9-5-6-10-20(19)31-24/h5-6,9-14,17,27H,3-4,7-8H2,1-2H3. The number of ether oxygens (including phenoxy) is 1. The summed E-state index contributed by atoms with van der Waals surface area (Å²) in [5.41, 5.74) is 3.81. The second-order valence-corrected chi connectivity index (χ2v) is 8.86. The fourth-order valence-electron chi connectivity index (χ4n) is 4.20. The number of benzene rings is 2. The SMILES string of the molecule is COc1ccc(-c2[nH]n(-c3nc4ccccc4s3)c(=O)c2C(C)=NC2CCCC2)cc1. The van der Waals surface area contributed by atoms with Gasteiger partial charge < -0.3 is 4.74 Å². The smallest absolute Gasteiger partial charge is 0.283 e. The second-order valence-electron chi connectivity index (χ2n) is 7.85. The van der Waals surface area contributed by atoms with Gasteiger partial charge in [-0.25, -0.2) is 4.98 Å². The molecule has 0 unspecified atom stereocenters. The van der Waals surface area contributed by atoms with E-state index in [-0.39, 0.29) is 5.56 Å². The van der Waals surface area contributed by atoms with Crippen molar-refractivity contribution in [1.29, 1.82) is 0 Å². The Hall–Kier alpha value is -3.19. The molecular formula is C24H24N4O2S. The summed E-state index contributed by atoms with van der Waals surface area (Å²) in [6.45, 7) is 1.94. The number of fused-ring (bicyclic) bond motifs is 1. The van der Waals surface area contributed by atoms with E-state index < -0.39 is 0 Å². The molecule has 6 nitrogen and oxygen atoms in total. The van der Waals surface area contributed by atoms with E-state index in [0.717, 1.165) is 45.8 Å². The molecule has 5 rings (SSSR count). The average Bonchev–Trinajstić information content (AvgIpc) is 3.52. The Bertz CT molecular complexity index is 1270. The molecule has 0 radical (unpaired) electrons. The first-order chi connectivity index (χ1) is 15.1. The highest BCUT2D eigenvalue weighted by molar-refractivity contribution is 7.20. The molecule has 7 heteroatoms. The summed E-state index contributed by atoms with van der Waals surface area (Å²) in [6.07, 6.45) is 4.59. The Morgan fingerprint density at radius 3 is 2.61 bits per heavy atom. The zero-order valence-electron chi connectivity index (χ0n) is 17.6. The Morgan fingerprint density at radius 1 is 1.16 bits per heavy atom. The van der Waals surface area contributed by atoms with Crippen LogP contribution in [0.1, 0.15) is 38.2 Å². The van der Waals surface area contributed by atoms with Crippen LogP contribution in [0, 0.1) is 0 Å². The molecule has 1 aliphatic carbocycles. The van der Waals surface area contributed by atoms with E-state index in [1.807, 2.05) is 55.5 Å². The van der Waals surface area contributed by atoms with Gasteiger partial charge in [-0.1, -0.05) is 36.3 Å². The number of aromatic nitrogens is 3. The van der Waals surface area contributed by atoms with E-state index in [1.165, 1.54) is 24.2 Å². The Morgan fingerprint density at radius 2 is 1.90 bits per heavy atom. The molecule has 0 atom stereocenters. The van der Waals surface area contributed by atoms with Gasteiger partial charge in [-0.3, -0.25) is 14.9 Å². The lowest BCUT2D eigenvalue weighted by Crippen LogP contribution is -2.20. The number of thiazole rings is 1. The van der Waals surface area contributed by atoms with Crippen molar-refractivity contribution in [2.45, 2.75) is 38.6 Å². The lowest BCUT2D eigenvalue weighted by Gasteiger charge is -2.07. The van der Waals surface area contributed by atoms with Gasteiger partial charge in [0.1, 0.15) is 5.75 Å². The van der Waals surface area contributed by atoms with Crippen molar-refractivity contribution in [1.82, 2.24) is 14.8 Å². The third-order valence-electron chi connectivity index (χ3n) is 5.81. The largest absolute Gasteiger partial charge is 0.497 e. The average molecular weight is 433 g/mol. The summed E-state index contributed by atoms with van der Waals surface area (Å²) >= 11 is 1.49. The number of hydrogen-bond donors (Lipinski definition) is 1. The van der Waals surface area contributed by atoms with Gasteiger partial charge in [0.05, 0.1) is 34.6 Å². The number of hydrogen-bond acceptors (Lipinski definition) is 5. The molecule has 0 amide bonds. The maximum atomic E-state index is 13.6. The van der Waals surface area contributed by atoms with E-state index in [1.54, 1.807) is 11.8 Å². The van der Waals surface area contributed by atoms with Crippen LogP contribution in [0.4, 0.5) is 0 Å². The van der Waals surface area contributed by atoms with Crippen LogP contribution in [0.3, 0.4) is 0 Å². The number of rotatable bonds is 5. The van der Waals surface area contributed by atoms with Gasteiger partial charge in [0.2, 0.25) is 5.13 Å². The van der Waals surface area contributed by atoms with Gasteiger partial charge in [-0.2, -0.15) is 4.68 Å². The van der Waals surface area contributed by atoms with Gasteiger partial charge in [-0.05, 0) is 56.2 Å². The fraction of sp³-hybridized carbons (Fsp3) is 0.292. The topological polar surface area (TPSA) is 72.3 Å². The van der Waals surface area contributed by atoms with E-state index in [2.05, 4.69) is 10.1 Å². The van der Waals surface area contributed by atoms with Crippen molar-refractivity contribution in [2.75, 3.05) is 7.11 Å². The van der Waals surface area contributed by atoms with E-state index in [0.29, 0.717) is 16.7 Å². The summed E-state index contributed by atoms with van der Waals surface area (Å²) in [6, 6.07) is 15.9. The molecule has 2 heterocycles. The lowest BCUT2D eigenvalue weighted by atomic mass is 10.0. The predicted octanol–water partition coefficient (Wildman–Crippen LogP) is 5.20. The van der Waals surface area contributed by atoms with Gasteiger partial charge in [0.15, 0.2) is 0 Å². The monoisotopic (exact) mass is 432 g/mol. The number of H-pyrrole nitrogens is 1. The normalized spacial score (nSPS) is 15.1. The van der Waals surface area contributed by atoms with Crippen LogP contribution >= 0.6 is 11.3 Å². The number of nitrogens with zero attached hydrogens (tertiary/aromatic N) is 3. The first-order valence-electron chi connectivity index (χ1n) is 10.5. The number of methoxy groups -OCH3 is 1. The van der Waals surface area contributed by atoms with Gasteiger partial charge in [-0.15, -0.1) is 0 Å². The predicted molar refractivity (Wildman–Crippen MR) is 126 cm³/mol. The molecule has 1 aliphatic rings. The number of nitrogens with one attached hydrogen (secondary N) is 1. The molecule has 1 N–H and O–H groups in total. The van der Waals surface area contributed by atoms with Gasteiger partial charge in [0.25, 0.3) is 5.56 Å². The van der Waals surface area contributed by atoms with Crippen LogP contribution in [0.15, 0.2) is 58.3 Å². The Balaban J connectivity index is 1.67. The summed E-state index contributed by atoms with van der Waals surface area (Å²) in [7, 11) is 1.64. The fourth-order valence-corrected chi connectivity index (χ4v) is 5.13. The third-order valence-corrected chi connectivity index (χ3v) is 6.83. The van der Waals surface area contributed by atoms with Crippen LogP contribution < -0.4 is 10.3 Å². The van der Waals surface area contributed by atoms with Crippen LogP contribution in [-0.2, 0) is 0 Å². The van der Waals surface area contributed by atoms with Gasteiger partial charge in [0, 0.05) is 11.3 Å². The molecule has 0 aliphatic heterocycles. The number of aliphatic imine (C=N–C) groups is 1. The molecule has 31 heavy (non-hydrogen) atoms. The van der Waals surface area contributed by atoms with Crippen molar-refractivity contribution in [3.63, 3.8) is 0 Å². The first kappa shape index (κ1) is 19.8. The Kier molecular flexibility index (Phi) is 5.19. The third kappa shape index (κ3) is 3.70. The minimum atomic E-state index is -0.121. The maximum Gasteiger partial charge on any atom is 0.283 e. The molecular weight excluding hydrogens is 408 g/mol. The van der Waals surface area contributed by atoms with Crippen molar-refractivity contribution in [2.24, 2.45) is 4.99 Å². The summed E-state index contributed by atoms with van der Waals surface area (Å²) in [4.78, 5) is 23.2. The van der Waals surface area contributed by atoms with Crippen molar-refractivity contribution in [3.05, 3.63) is 64.4 Å². The first-order valence-corrected chi connectivity index (χ1v) is 11.4. The highest BCUT2D eigenvalue weighted by Gasteiger charge is 2.22. The molecule has 0 spiro atoms. The van der Waals surface area contributed by atoms with Crippen LogP contribution in [0.5, 0.6) is 5.75 Å². The van der Waals surface area contributed by atoms with Crippen molar-refractivity contribution in [3.8, 4) is 22.1 Å². The van der Waals surface area contributed by atoms with Crippen molar-refractivity contribution >= 4 is 27.3 Å². The molecule has 2 aromatic carbocycles. The molecule has 1 saturated carbocycles. The second kappa shape index (κ2) is 8.15. The quantitative estimate of drug-likeness (QED) is 0.441. The zero-order valence-corrected chi connectivity index (χ0v) is 18.4. The summed E-state index contributed by atoms with van der Waals surface area (Å²) < 4.78 is 7.89. The van der Waals surface area contributed by atoms with Crippen LogP contribution in [0.2, 0.25) is 0 Å². The van der Waals surface area contributed by atoms with E-state index in [4.69, 9.17) is 9.73 Å². The number of para-hydroxylation sites is 1. The lowest BCUT2D eigenvalue weighted by molar-refractivity contribution is 0.415. The highest BCUT2D eigenvalue weighted by Crippen LogP contribution is 2.28. The maximum absolute atomic E-state index is 13.6. The van der Waals surface area contributed by atoms with E-state index >= 15 is 0 Å². The minimum absolute atomic E-state index is 0.121. The minimum Gasteiger partial charge on any atom is -0.497 e. The molecule has 0 saturated heterocycles. The van der Waals surface area contributed by atoms with Gasteiger partial charge >= 0.3 is 0 Å². The van der Waals surface area contributed by atoms with Crippen molar-refractivity contribution < 1.29 is 4.74 Å². The van der Waals surface area contributed by atoms with E-state index in [9.17, 15) is 4.79 Å². The summed E-state index contributed by atoms with van der Waals surface area (Å²) in [5, 5.41) is 3.94. The molecule has 158 valence electrons. The summed E-state index contributed by atoms with van der Waals surface area (Å²) in [5.74, 6) is 0.773. The molecule has 2 aromatic heterocycles. The molecule has 0 bridgehead atoms. The molecule has 1 fully saturated rings. The zero-order chi connectivity index (χ0) is 21.4. The van der Waals surface area contributed by atoms with Crippen LogP contribution in [-0.4, -0.2) is 33.6 Å². The molecule has 4 aromatic rings. The number of aromatic amines is 1. The Labute approximate surface area is 184 Å².